The first-order chi connectivity index (χ1) is 9.16. The van der Waals surface area contributed by atoms with E-state index in [0.717, 1.165) is 12.8 Å². The van der Waals surface area contributed by atoms with Crippen molar-refractivity contribution in [2.45, 2.75) is 36.0 Å². The van der Waals surface area contributed by atoms with Gasteiger partial charge in [0.25, 0.3) is 0 Å². The summed E-state index contributed by atoms with van der Waals surface area (Å²) in [5.74, 6) is -0.0496. The monoisotopic (exact) mass is 276 g/mol. The normalized spacial score (nSPS) is 14.6. The molecule has 7 heteroatoms. The number of ketones is 1. The number of rotatable bonds is 4. The molecule has 1 aliphatic carbocycles. The van der Waals surface area contributed by atoms with Crippen molar-refractivity contribution in [3.63, 3.8) is 0 Å². The van der Waals surface area contributed by atoms with Crippen LogP contribution in [-0.2, 0) is 0 Å². The molecule has 0 saturated heterocycles. The molecule has 1 aliphatic rings. The van der Waals surface area contributed by atoms with Crippen LogP contribution in [-0.4, -0.2) is 25.5 Å². The summed E-state index contributed by atoms with van der Waals surface area (Å²) in [6, 6.07) is 3.68. The Hall–Kier alpha value is -1.89. The molecule has 1 N–H and O–H groups in total. The minimum absolute atomic E-state index is 0.0496. The molecule has 0 aromatic carbocycles. The highest BCUT2D eigenvalue weighted by molar-refractivity contribution is 7.99. The maximum atomic E-state index is 11.7. The number of carbonyl (C=O) groups is 1. The van der Waals surface area contributed by atoms with Crippen LogP contribution in [0.3, 0.4) is 0 Å². The molecule has 2 aromatic heterocycles. The Morgan fingerprint density at radius 1 is 1.53 bits per heavy atom. The third-order valence-electron chi connectivity index (χ3n) is 2.92. The quantitative estimate of drug-likeness (QED) is 0.859. The molecule has 2 heterocycles. The fourth-order valence-corrected chi connectivity index (χ4v) is 2.87. The summed E-state index contributed by atoms with van der Waals surface area (Å²) in [5, 5.41) is 7.60. The molecular formula is C12H12N4O2S. The molecule has 0 unspecified atom stereocenters. The average Bonchev–Trinajstić information content (AvgIpc) is 3.15. The summed E-state index contributed by atoms with van der Waals surface area (Å²) in [7, 11) is 0. The minimum Gasteiger partial charge on any atom is -0.294 e. The zero-order chi connectivity index (χ0) is 13.4. The van der Waals surface area contributed by atoms with Crippen molar-refractivity contribution in [3.8, 4) is 0 Å². The highest BCUT2D eigenvalue weighted by Crippen LogP contribution is 2.37. The maximum Gasteiger partial charge on any atom is 0.344 e. The molecule has 0 amide bonds. The Kier molecular flexibility index (Phi) is 2.98. The molecule has 98 valence electrons. The second-order valence-corrected chi connectivity index (χ2v) is 5.38. The number of H-pyrrole nitrogens is 1. The van der Waals surface area contributed by atoms with Gasteiger partial charge < -0.3 is 0 Å². The highest BCUT2D eigenvalue weighted by Gasteiger charge is 2.29. The second-order valence-electron chi connectivity index (χ2n) is 4.43. The molecule has 6 nitrogen and oxygen atoms in total. The van der Waals surface area contributed by atoms with Gasteiger partial charge in [0.1, 0.15) is 5.03 Å². The van der Waals surface area contributed by atoms with Gasteiger partial charge in [0, 0.05) is 17.8 Å². The van der Waals surface area contributed by atoms with Gasteiger partial charge in [-0.1, -0.05) is 0 Å². The number of pyridine rings is 1. The summed E-state index contributed by atoms with van der Waals surface area (Å²) in [6.07, 6.45) is 3.62. The van der Waals surface area contributed by atoms with E-state index in [0.29, 0.717) is 15.7 Å². The van der Waals surface area contributed by atoms with Gasteiger partial charge in [-0.25, -0.2) is 14.9 Å². The van der Waals surface area contributed by atoms with E-state index in [4.69, 9.17) is 0 Å². The molecular weight excluding hydrogens is 264 g/mol. The molecule has 1 saturated carbocycles. The molecule has 2 aromatic rings. The number of Topliss-reactive ketones (excluding diaryl/α,β-unsaturated/α-hetero) is 1. The van der Waals surface area contributed by atoms with Crippen molar-refractivity contribution < 1.29 is 4.79 Å². The number of hydrogen-bond donors (Lipinski definition) is 1. The van der Waals surface area contributed by atoms with Gasteiger partial charge in [0.05, 0.1) is 0 Å². The smallest absolute Gasteiger partial charge is 0.294 e. The van der Waals surface area contributed by atoms with Crippen LogP contribution < -0.4 is 5.69 Å². The van der Waals surface area contributed by atoms with E-state index in [1.165, 1.54) is 18.7 Å². The van der Waals surface area contributed by atoms with Crippen LogP contribution in [0.5, 0.6) is 0 Å². The van der Waals surface area contributed by atoms with Crippen molar-refractivity contribution in [2.24, 2.45) is 0 Å². The van der Waals surface area contributed by atoms with Gasteiger partial charge in [-0.15, -0.1) is 5.10 Å². The van der Waals surface area contributed by atoms with E-state index < -0.39 is 0 Å². The lowest BCUT2D eigenvalue weighted by Crippen LogP contribution is -2.16. The SMILES string of the molecule is CC(=O)c1cccnc1Sc1n[nH]c(=O)n1C1CC1. The third kappa shape index (κ3) is 2.33. The molecule has 3 rings (SSSR count). The number of hydrogen-bond acceptors (Lipinski definition) is 5. The largest absolute Gasteiger partial charge is 0.344 e. The van der Waals surface area contributed by atoms with Crippen molar-refractivity contribution in [2.75, 3.05) is 0 Å². The van der Waals surface area contributed by atoms with E-state index in [2.05, 4.69) is 15.2 Å². The van der Waals surface area contributed by atoms with Gasteiger partial charge in [-0.2, -0.15) is 0 Å². The fourth-order valence-electron chi connectivity index (χ4n) is 1.84. The lowest BCUT2D eigenvalue weighted by Gasteiger charge is -2.05. The molecule has 0 atom stereocenters. The van der Waals surface area contributed by atoms with Crippen LogP contribution >= 0.6 is 11.8 Å². The number of nitrogens with zero attached hydrogens (tertiary/aromatic N) is 3. The van der Waals surface area contributed by atoms with Crippen LogP contribution in [0.4, 0.5) is 0 Å². The van der Waals surface area contributed by atoms with E-state index in [9.17, 15) is 9.59 Å². The predicted octanol–water partition coefficient (Wildman–Crippen LogP) is 1.66. The van der Waals surface area contributed by atoms with Crippen LogP contribution in [0.1, 0.15) is 36.2 Å². The Bertz CT molecular complexity index is 687. The van der Waals surface area contributed by atoms with Crippen LogP contribution in [0.15, 0.2) is 33.3 Å². The van der Waals surface area contributed by atoms with E-state index in [1.54, 1.807) is 22.9 Å². The number of aromatic amines is 1. The number of nitrogens with one attached hydrogen (secondary N) is 1. The van der Waals surface area contributed by atoms with Crippen molar-refractivity contribution >= 4 is 17.5 Å². The topological polar surface area (TPSA) is 80.6 Å². The summed E-state index contributed by atoms with van der Waals surface area (Å²) in [5.41, 5.74) is 0.343. The second kappa shape index (κ2) is 4.65. The number of carbonyl (C=O) groups excluding carboxylic acids is 1. The molecule has 1 fully saturated rings. The van der Waals surface area contributed by atoms with Crippen LogP contribution in [0.25, 0.3) is 0 Å². The van der Waals surface area contributed by atoms with Crippen molar-refractivity contribution in [1.82, 2.24) is 19.7 Å². The van der Waals surface area contributed by atoms with Crippen LogP contribution in [0, 0.1) is 0 Å². The highest BCUT2D eigenvalue weighted by atomic mass is 32.2. The summed E-state index contributed by atoms with van der Waals surface area (Å²) in [4.78, 5) is 27.4. The molecule has 0 spiro atoms. The van der Waals surface area contributed by atoms with Crippen molar-refractivity contribution in [3.05, 3.63) is 34.4 Å². The maximum absolute atomic E-state index is 11.7. The van der Waals surface area contributed by atoms with Gasteiger partial charge in [-0.3, -0.25) is 9.36 Å². The van der Waals surface area contributed by atoms with E-state index >= 15 is 0 Å². The first-order valence-electron chi connectivity index (χ1n) is 5.97. The predicted molar refractivity (Wildman–Crippen MR) is 69.5 cm³/mol. The minimum atomic E-state index is -0.203. The zero-order valence-electron chi connectivity index (χ0n) is 10.3. The fraction of sp³-hybridized carbons (Fsp3) is 0.333. The van der Waals surface area contributed by atoms with E-state index in [-0.39, 0.29) is 17.5 Å². The van der Waals surface area contributed by atoms with Gasteiger partial charge >= 0.3 is 5.69 Å². The third-order valence-corrected chi connectivity index (χ3v) is 3.91. The number of aromatic nitrogens is 4. The first kappa shape index (κ1) is 12.2. The Morgan fingerprint density at radius 2 is 2.32 bits per heavy atom. The van der Waals surface area contributed by atoms with Crippen molar-refractivity contribution in [1.29, 1.82) is 0 Å². The van der Waals surface area contributed by atoms with Gasteiger partial charge in [0.15, 0.2) is 10.9 Å². The van der Waals surface area contributed by atoms with Crippen LogP contribution in [0.2, 0.25) is 0 Å². The molecule has 0 radical (unpaired) electrons. The lowest BCUT2D eigenvalue weighted by atomic mass is 10.2. The standard InChI is InChI=1S/C12H12N4O2S/c1-7(17)9-3-2-6-13-10(9)19-12-15-14-11(18)16(12)8-4-5-8/h2-3,6,8H,4-5H2,1H3,(H,14,18). The summed E-state index contributed by atoms with van der Waals surface area (Å²) >= 11 is 1.25. The summed E-state index contributed by atoms with van der Waals surface area (Å²) in [6.45, 7) is 1.50. The lowest BCUT2D eigenvalue weighted by molar-refractivity contribution is 0.101. The Morgan fingerprint density at radius 3 is 3.00 bits per heavy atom. The zero-order valence-corrected chi connectivity index (χ0v) is 11.1. The molecule has 0 bridgehead atoms. The Balaban J connectivity index is 1.98. The first-order valence-corrected chi connectivity index (χ1v) is 6.79. The average molecular weight is 276 g/mol. The molecule has 0 aliphatic heterocycles. The Labute approximate surface area is 113 Å². The van der Waals surface area contributed by atoms with E-state index in [1.807, 2.05) is 0 Å². The van der Waals surface area contributed by atoms with Gasteiger partial charge in [0.2, 0.25) is 0 Å². The molecule has 19 heavy (non-hydrogen) atoms. The van der Waals surface area contributed by atoms with Gasteiger partial charge in [-0.05, 0) is 43.7 Å². The summed E-state index contributed by atoms with van der Waals surface area (Å²) < 4.78 is 1.64.